The minimum atomic E-state index is -1.76. The van der Waals surface area contributed by atoms with E-state index in [-0.39, 0.29) is 43.8 Å². The van der Waals surface area contributed by atoms with Crippen molar-refractivity contribution in [2.75, 3.05) is 36.1 Å². The molecule has 0 aliphatic carbocycles. The number of ether oxygens (including phenoxy) is 1. The van der Waals surface area contributed by atoms with E-state index in [4.69, 9.17) is 4.74 Å². The molecule has 0 spiro atoms. The van der Waals surface area contributed by atoms with Crippen molar-refractivity contribution >= 4 is 23.2 Å². The summed E-state index contributed by atoms with van der Waals surface area (Å²) in [5, 5.41) is 0. The van der Waals surface area contributed by atoms with E-state index in [0.717, 1.165) is 16.0 Å². The van der Waals surface area contributed by atoms with Crippen LogP contribution in [0.3, 0.4) is 0 Å². The molecular formula is C24H25F3N2O3. The number of halogens is 3. The number of amides is 2. The monoisotopic (exact) mass is 446 g/mol. The fourth-order valence-corrected chi connectivity index (χ4v) is 4.43. The van der Waals surface area contributed by atoms with Gasteiger partial charge < -0.3 is 9.64 Å². The van der Waals surface area contributed by atoms with E-state index >= 15 is 0 Å². The van der Waals surface area contributed by atoms with Gasteiger partial charge in [0, 0.05) is 13.1 Å². The molecule has 8 heteroatoms. The molecule has 4 rings (SSSR count). The minimum Gasteiger partial charge on any atom is -0.378 e. The Balaban J connectivity index is 1.98. The van der Waals surface area contributed by atoms with Gasteiger partial charge in [0.2, 0.25) is 0 Å². The van der Waals surface area contributed by atoms with Crippen LogP contribution >= 0.6 is 0 Å². The Morgan fingerprint density at radius 2 is 1.31 bits per heavy atom. The quantitative estimate of drug-likeness (QED) is 0.491. The Bertz CT molecular complexity index is 1080. The molecule has 2 aromatic carbocycles. The number of para-hydroxylation sites is 1. The highest BCUT2D eigenvalue weighted by molar-refractivity contribution is 6.36. The van der Waals surface area contributed by atoms with Crippen LogP contribution in [0.2, 0.25) is 0 Å². The number of morpholine rings is 1. The number of nitrogens with zero attached hydrogens (tertiary/aromatic N) is 2. The molecule has 170 valence electrons. The molecule has 32 heavy (non-hydrogen) atoms. The minimum absolute atomic E-state index is 0.0509. The van der Waals surface area contributed by atoms with Gasteiger partial charge in [-0.25, -0.2) is 18.1 Å². The maximum absolute atomic E-state index is 15.0. The number of anilines is 2. The number of imide groups is 1. The van der Waals surface area contributed by atoms with Crippen LogP contribution in [0, 0.1) is 17.5 Å². The maximum Gasteiger partial charge on any atom is 0.269 e. The first-order valence-corrected chi connectivity index (χ1v) is 10.7. The number of rotatable bonds is 4. The number of benzene rings is 2. The van der Waals surface area contributed by atoms with Crippen molar-refractivity contribution in [3.8, 4) is 0 Å². The Morgan fingerprint density at radius 1 is 0.781 bits per heavy atom. The van der Waals surface area contributed by atoms with E-state index in [1.807, 2.05) is 33.8 Å². The first kappa shape index (κ1) is 22.3. The van der Waals surface area contributed by atoms with Gasteiger partial charge in [0.15, 0.2) is 17.5 Å². The number of fused-ring (bicyclic) bond motifs is 1. The third kappa shape index (κ3) is 3.28. The highest BCUT2D eigenvalue weighted by Gasteiger charge is 2.46. The number of carbonyl (C=O) groups excluding carboxylic acids is 2. The van der Waals surface area contributed by atoms with Crippen molar-refractivity contribution in [3.05, 3.63) is 57.9 Å². The summed E-state index contributed by atoms with van der Waals surface area (Å²) in [4.78, 5) is 29.4. The third-order valence-electron chi connectivity index (χ3n) is 6.03. The smallest absolute Gasteiger partial charge is 0.269 e. The molecule has 0 bridgehead atoms. The van der Waals surface area contributed by atoms with E-state index in [2.05, 4.69) is 0 Å². The number of carbonyl (C=O) groups is 2. The highest BCUT2D eigenvalue weighted by atomic mass is 19.2. The molecule has 0 radical (unpaired) electrons. The largest absolute Gasteiger partial charge is 0.378 e. The average molecular weight is 446 g/mol. The van der Waals surface area contributed by atoms with Crippen LogP contribution in [0.1, 0.15) is 71.4 Å². The molecule has 5 nitrogen and oxygen atoms in total. The van der Waals surface area contributed by atoms with E-state index in [1.165, 1.54) is 4.90 Å². The van der Waals surface area contributed by atoms with Gasteiger partial charge in [0.05, 0.1) is 35.7 Å². The Labute approximate surface area is 184 Å². The van der Waals surface area contributed by atoms with Crippen LogP contribution in [0.5, 0.6) is 0 Å². The van der Waals surface area contributed by atoms with Gasteiger partial charge in [0.1, 0.15) is 0 Å². The van der Waals surface area contributed by atoms with Crippen molar-refractivity contribution < 1.29 is 27.5 Å². The van der Waals surface area contributed by atoms with Gasteiger partial charge in [-0.15, -0.1) is 0 Å². The molecule has 2 aliphatic heterocycles. The summed E-state index contributed by atoms with van der Waals surface area (Å²) in [6.07, 6.45) is 0. The lowest BCUT2D eigenvalue weighted by Crippen LogP contribution is -2.38. The number of hydrogen-bond acceptors (Lipinski definition) is 4. The lowest BCUT2D eigenvalue weighted by Gasteiger charge is -2.30. The van der Waals surface area contributed by atoms with Crippen LogP contribution in [0.15, 0.2) is 18.2 Å². The summed E-state index contributed by atoms with van der Waals surface area (Å²) in [7, 11) is 0. The summed E-state index contributed by atoms with van der Waals surface area (Å²) >= 11 is 0. The molecular weight excluding hydrogens is 421 g/mol. The normalized spacial score (nSPS) is 16.5. The number of hydrogen-bond donors (Lipinski definition) is 0. The second-order valence-electron chi connectivity index (χ2n) is 8.68. The van der Waals surface area contributed by atoms with Crippen LogP contribution in [0.25, 0.3) is 0 Å². The molecule has 0 aromatic heterocycles. The van der Waals surface area contributed by atoms with Gasteiger partial charge in [-0.2, -0.15) is 0 Å². The molecule has 0 saturated carbocycles. The maximum atomic E-state index is 15.0. The Hall–Kier alpha value is -2.87. The predicted molar refractivity (Wildman–Crippen MR) is 115 cm³/mol. The Morgan fingerprint density at radius 3 is 1.84 bits per heavy atom. The van der Waals surface area contributed by atoms with Gasteiger partial charge >= 0.3 is 0 Å². The van der Waals surface area contributed by atoms with E-state index in [9.17, 15) is 22.8 Å². The van der Waals surface area contributed by atoms with Crippen molar-refractivity contribution in [2.45, 2.75) is 39.5 Å². The van der Waals surface area contributed by atoms with Crippen LogP contribution in [0.4, 0.5) is 24.5 Å². The van der Waals surface area contributed by atoms with Gasteiger partial charge in [-0.3, -0.25) is 9.59 Å². The zero-order valence-electron chi connectivity index (χ0n) is 18.5. The second-order valence-corrected chi connectivity index (χ2v) is 8.68. The van der Waals surface area contributed by atoms with Crippen LogP contribution < -0.4 is 9.80 Å². The summed E-state index contributed by atoms with van der Waals surface area (Å²) in [6.45, 7) is 8.53. The third-order valence-corrected chi connectivity index (χ3v) is 6.03. The molecule has 0 unspecified atom stereocenters. The van der Waals surface area contributed by atoms with Crippen molar-refractivity contribution in [1.29, 1.82) is 0 Å². The van der Waals surface area contributed by atoms with Crippen LogP contribution in [-0.4, -0.2) is 38.1 Å². The van der Waals surface area contributed by atoms with E-state index < -0.39 is 40.4 Å². The molecule has 1 fully saturated rings. The first-order chi connectivity index (χ1) is 15.2. The highest BCUT2D eigenvalue weighted by Crippen LogP contribution is 2.43. The van der Waals surface area contributed by atoms with E-state index in [1.54, 1.807) is 12.1 Å². The second kappa shape index (κ2) is 8.24. The molecule has 0 atom stereocenters. The van der Waals surface area contributed by atoms with E-state index in [0.29, 0.717) is 5.69 Å². The van der Waals surface area contributed by atoms with Crippen LogP contribution in [-0.2, 0) is 4.74 Å². The van der Waals surface area contributed by atoms with Gasteiger partial charge in [-0.05, 0) is 23.0 Å². The predicted octanol–water partition coefficient (Wildman–Crippen LogP) is 4.99. The molecule has 2 aliphatic rings. The SMILES string of the molecule is CC(C)c1cccc(C(C)C)c1N1C(=O)c2c(F)c(F)c(F)c(N3CCOCC3)c2C1=O. The Kier molecular flexibility index (Phi) is 5.75. The molecule has 2 amide bonds. The summed E-state index contributed by atoms with van der Waals surface area (Å²) < 4.78 is 49.7. The van der Waals surface area contributed by atoms with Crippen molar-refractivity contribution in [3.63, 3.8) is 0 Å². The molecule has 1 saturated heterocycles. The molecule has 2 aromatic rings. The fraction of sp³-hybridized carbons (Fsp3) is 0.417. The standard InChI is InChI=1S/C24H25F3N2O3/c1-12(2)14-6-5-7-15(13(3)4)21(14)29-23(30)16-17(24(29)31)22(20(27)19(26)18(16)25)28-8-10-32-11-9-28/h5-7,12-13H,8-11H2,1-4H3. The van der Waals surface area contributed by atoms with Gasteiger partial charge in [-0.1, -0.05) is 45.9 Å². The lowest BCUT2D eigenvalue weighted by molar-refractivity contribution is 0.0923. The lowest BCUT2D eigenvalue weighted by atomic mass is 9.92. The van der Waals surface area contributed by atoms with Crippen molar-refractivity contribution in [2.24, 2.45) is 0 Å². The zero-order chi connectivity index (χ0) is 23.3. The summed E-state index contributed by atoms with van der Waals surface area (Å²) in [5.41, 5.74) is 0.276. The molecule has 2 heterocycles. The van der Waals surface area contributed by atoms with Gasteiger partial charge in [0.25, 0.3) is 11.8 Å². The first-order valence-electron chi connectivity index (χ1n) is 10.7. The molecule has 0 N–H and O–H groups in total. The summed E-state index contributed by atoms with van der Waals surface area (Å²) in [6, 6.07) is 5.44. The topological polar surface area (TPSA) is 49.9 Å². The fourth-order valence-electron chi connectivity index (χ4n) is 4.43. The van der Waals surface area contributed by atoms with Crippen molar-refractivity contribution in [1.82, 2.24) is 0 Å². The zero-order valence-corrected chi connectivity index (χ0v) is 18.5. The summed E-state index contributed by atoms with van der Waals surface area (Å²) in [5.74, 6) is -6.79. The average Bonchev–Trinajstić information content (AvgIpc) is 3.02.